The Labute approximate surface area is 72.6 Å². The van der Waals surface area contributed by atoms with Crippen molar-refractivity contribution in [3.8, 4) is 0 Å². The molecule has 0 saturated heterocycles. The highest BCUT2D eigenvalue weighted by atomic mass is 16.3. The van der Waals surface area contributed by atoms with E-state index >= 15 is 0 Å². The number of aryl methyl sites for hydroxylation is 1. The second-order valence-electron chi connectivity index (χ2n) is 2.98. The summed E-state index contributed by atoms with van der Waals surface area (Å²) in [7, 11) is 0. The Morgan fingerprint density at radius 2 is 2.33 bits per heavy atom. The quantitative estimate of drug-likeness (QED) is 0.676. The van der Waals surface area contributed by atoms with Crippen LogP contribution in [0, 0.1) is 6.92 Å². The van der Waals surface area contributed by atoms with Crippen molar-refractivity contribution in [2.24, 2.45) is 0 Å². The lowest BCUT2D eigenvalue weighted by molar-refractivity contribution is 0.215. The van der Waals surface area contributed by atoms with E-state index in [9.17, 15) is 5.11 Å². The van der Waals surface area contributed by atoms with Gasteiger partial charge in [0.2, 0.25) is 0 Å². The number of aromatic nitrogens is 1. The minimum absolute atomic E-state index is 0.585. The highest BCUT2D eigenvalue weighted by Crippen LogP contribution is 2.21. The maximum absolute atomic E-state index is 9.64. The van der Waals surface area contributed by atoms with Crippen LogP contribution in [0.25, 0.3) is 0 Å². The van der Waals surface area contributed by atoms with Crippen LogP contribution in [0.15, 0.2) is 30.6 Å². The van der Waals surface area contributed by atoms with Crippen molar-refractivity contribution >= 4 is 0 Å². The van der Waals surface area contributed by atoms with Gasteiger partial charge in [-0.05, 0) is 31.1 Å². The lowest BCUT2D eigenvalue weighted by Crippen LogP contribution is -2.00. The number of aliphatic hydroxyl groups excluding tert-OH is 1. The maximum Gasteiger partial charge on any atom is 0.101 e. The van der Waals surface area contributed by atoms with Crippen molar-refractivity contribution in [1.29, 1.82) is 0 Å². The van der Waals surface area contributed by atoms with E-state index in [1.807, 2.05) is 13.0 Å². The molecule has 0 spiro atoms. The first-order valence-electron chi connectivity index (χ1n) is 3.87. The molecule has 2 nitrogen and oxygen atoms in total. The number of nitrogens with zero attached hydrogens (tertiary/aromatic N) is 1. The molecule has 1 aromatic rings. The average Bonchev–Trinajstić information content (AvgIpc) is 2.04. The summed E-state index contributed by atoms with van der Waals surface area (Å²) in [6.45, 7) is 7.45. The molecular formula is C10H13NO. The number of hydrogen-bond acceptors (Lipinski definition) is 2. The molecule has 1 N–H and O–H groups in total. The molecule has 12 heavy (non-hydrogen) atoms. The van der Waals surface area contributed by atoms with Gasteiger partial charge in [0.25, 0.3) is 0 Å². The molecule has 1 atom stereocenters. The molecule has 0 aliphatic carbocycles. The van der Waals surface area contributed by atoms with Crippen molar-refractivity contribution in [1.82, 2.24) is 4.98 Å². The monoisotopic (exact) mass is 163 g/mol. The summed E-state index contributed by atoms with van der Waals surface area (Å²) in [5.41, 5.74) is 2.62. The van der Waals surface area contributed by atoms with Crippen LogP contribution in [0.5, 0.6) is 0 Å². The fourth-order valence-electron chi connectivity index (χ4n) is 1.03. The molecule has 0 aliphatic rings. The Balaban J connectivity index is 3.02. The molecular weight excluding hydrogens is 150 g/mol. The van der Waals surface area contributed by atoms with E-state index in [0.717, 1.165) is 16.7 Å². The molecule has 0 aliphatic heterocycles. The minimum Gasteiger partial charge on any atom is -0.384 e. The predicted molar refractivity (Wildman–Crippen MR) is 48.7 cm³/mol. The first kappa shape index (κ1) is 8.94. The summed E-state index contributed by atoms with van der Waals surface area (Å²) in [5.74, 6) is 0. The minimum atomic E-state index is -0.585. The van der Waals surface area contributed by atoms with E-state index in [2.05, 4.69) is 11.6 Å². The third-order valence-corrected chi connectivity index (χ3v) is 1.84. The third kappa shape index (κ3) is 1.71. The van der Waals surface area contributed by atoms with Crippen LogP contribution in [0.3, 0.4) is 0 Å². The summed E-state index contributed by atoms with van der Waals surface area (Å²) in [4.78, 5) is 3.95. The van der Waals surface area contributed by atoms with Crippen molar-refractivity contribution in [3.63, 3.8) is 0 Å². The Morgan fingerprint density at radius 1 is 1.67 bits per heavy atom. The predicted octanol–water partition coefficient (Wildman–Crippen LogP) is 2.00. The normalized spacial score (nSPS) is 12.6. The molecule has 1 unspecified atom stereocenters. The summed E-state index contributed by atoms with van der Waals surface area (Å²) >= 11 is 0. The van der Waals surface area contributed by atoms with Crippen LogP contribution >= 0.6 is 0 Å². The molecule has 0 amide bonds. The zero-order valence-corrected chi connectivity index (χ0v) is 7.41. The van der Waals surface area contributed by atoms with Crippen LogP contribution in [0.1, 0.15) is 24.2 Å². The lowest BCUT2D eigenvalue weighted by atomic mass is 10.0. The molecule has 1 rings (SSSR count). The number of aliphatic hydroxyl groups is 1. The first-order valence-corrected chi connectivity index (χ1v) is 3.87. The molecule has 64 valence electrons. The number of hydrogen-bond donors (Lipinski definition) is 1. The standard InChI is InChI=1S/C10H13NO/c1-7(2)10(12)9-6-11-5-4-8(9)3/h4-6,10,12H,1H2,2-3H3. The van der Waals surface area contributed by atoms with Crippen molar-refractivity contribution in [2.75, 3.05) is 0 Å². The Bertz CT molecular complexity index is 294. The van der Waals surface area contributed by atoms with E-state index in [1.54, 1.807) is 19.3 Å². The van der Waals surface area contributed by atoms with Gasteiger partial charge in [0.1, 0.15) is 6.10 Å². The van der Waals surface area contributed by atoms with Gasteiger partial charge in [-0.25, -0.2) is 0 Å². The average molecular weight is 163 g/mol. The lowest BCUT2D eigenvalue weighted by Gasteiger charge is -2.11. The first-order chi connectivity index (χ1) is 5.63. The molecule has 0 saturated carbocycles. The van der Waals surface area contributed by atoms with Gasteiger partial charge in [0, 0.05) is 18.0 Å². The second kappa shape index (κ2) is 3.50. The highest BCUT2D eigenvalue weighted by Gasteiger charge is 2.09. The van der Waals surface area contributed by atoms with Crippen LogP contribution in [0.2, 0.25) is 0 Å². The van der Waals surface area contributed by atoms with Gasteiger partial charge < -0.3 is 5.11 Å². The molecule has 0 radical (unpaired) electrons. The molecule has 0 bridgehead atoms. The Hall–Kier alpha value is -1.15. The van der Waals surface area contributed by atoms with E-state index < -0.39 is 6.10 Å². The van der Waals surface area contributed by atoms with Gasteiger partial charge in [0.15, 0.2) is 0 Å². The smallest absolute Gasteiger partial charge is 0.101 e. The third-order valence-electron chi connectivity index (χ3n) is 1.84. The van der Waals surface area contributed by atoms with Crippen molar-refractivity contribution in [3.05, 3.63) is 41.7 Å². The number of rotatable bonds is 2. The van der Waals surface area contributed by atoms with Crippen LogP contribution in [-0.4, -0.2) is 10.1 Å². The van der Waals surface area contributed by atoms with Gasteiger partial charge in [-0.15, -0.1) is 0 Å². The fourth-order valence-corrected chi connectivity index (χ4v) is 1.03. The topological polar surface area (TPSA) is 33.1 Å². The largest absolute Gasteiger partial charge is 0.384 e. The van der Waals surface area contributed by atoms with Crippen molar-refractivity contribution in [2.45, 2.75) is 20.0 Å². The Morgan fingerprint density at radius 3 is 2.83 bits per heavy atom. The SMILES string of the molecule is C=C(C)C(O)c1cnccc1C. The summed E-state index contributed by atoms with van der Waals surface area (Å²) in [6.07, 6.45) is 2.80. The summed E-state index contributed by atoms with van der Waals surface area (Å²) in [5, 5.41) is 9.64. The maximum atomic E-state index is 9.64. The molecule has 2 heteroatoms. The van der Waals surface area contributed by atoms with E-state index in [-0.39, 0.29) is 0 Å². The zero-order valence-electron chi connectivity index (χ0n) is 7.41. The van der Waals surface area contributed by atoms with E-state index in [1.165, 1.54) is 0 Å². The summed E-state index contributed by atoms with van der Waals surface area (Å²) < 4.78 is 0. The van der Waals surface area contributed by atoms with E-state index in [0.29, 0.717) is 0 Å². The van der Waals surface area contributed by atoms with Crippen LogP contribution in [-0.2, 0) is 0 Å². The fraction of sp³-hybridized carbons (Fsp3) is 0.300. The summed E-state index contributed by atoms with van der Waals surface area (Å²) in [6, 6.07) is 1.88. The van der Waals surface area contributed by atoms with E-state index in [4.69, 9.17) is 0 Å². The van der Waals surface area contributed by atoms with Gasteiger partial charge in [0.05, 0.1) is 0 Å². The van der Waals surface area contributed by atoms with Gasteiger partial charge in [-0.3, -0.25) is 4.98 Å². The molecule has 0 aromatic carbocycles. The van der Waals surface area contributed by atoms with Gasteiger partial charge in [-0.1, -0.05) is 6.58 Å². The number of pyridine rings is 1. The van der Waals surface area contributed by atoms with Crippen LogP contribution in [0.4, 0.5) is 0 Å². The Kier molecular flexibility index (Phi) is 2.61. The second-order valence-corrected chi connectivity index (χ2v) is 2.98. The zero-order chi connectivity index (χ0) is 9.14. The van der Waals surface area contributed by atoms with Gasteiger partial charge in [-0.2, -0.15) is 0 Å². The van der Waals surface area contributed by atoms with Crippen LogP contribution < -0.4 is 0 Å². The molecule has 1 heterocycles. The molecule has 0 fully saturated rings. The van der Waals surface area contributed by atoms with Crippen molar-refractivity contribution < 1.29 is 5.11 Å². The highest BCUT2D eigenvalue weighted by molar-refractivity contribution is 5.28. The van der Waals surface area contributed by atoms with Gasteiger partial charge >= 0.3 is 0 Å². The molecule has 1 aromatic heterocycles.